The second-order valence-electron chi connectivity index (χ2n) is 7.54. The van der Waals surface area contributed by atoms with Crippen LogP contribution in [0.5, 0.6) is 5.75 Å². The fourth-order valence-corrected chi connectivity index (χ4v) is 3.64. The van der Waals surface area contributed by atoms with Gasteiger partial charge in [-0.25, -0.2) is 0 Å². The number of aliphatic hydroxyl groups is 1. The zero-order valence-corrected chi connectivity index (χ0v) is 17.6. The number of ketones is 1. The topological polar surface area (TPSA) is 84.2 Å². The summed E-state index contributed by atoms with van der Waals surface area (Å²) in [6.45, 7) is 3.75. The molecule has 7 nitrogen and oxygen atoms in total. The van der Waals surface area contributed by atoms with Crippen molar-refractivity contribution < 1.29 is 24.3 Å². The maximum atomic E-state index is 12.9. The van der Waals surface area contributed by atoms with E-state index in [4.69, 9.17) is 4.74 Å². The molecule has 1 saturated heterocycles. The summed E-state index contributed by atoms with van der Waals surface area (Å²) in [6.07, 6.45) is 3.83. The van der Waals surface area contributed by atoms with E-state index in [-0.39, 0.29) is 11.3 Å². The van der Waals surface area contributed by atoms with Crippen molar-refractivity contribution in [2.24, 2.45) is 0 Å². The highest BCUT2D eigenvalue weighted by molar-refractivity contribution is 6.46. The van der Waals surface area contributed by atoms with Crippen molar-refractivity contribution >= 4 is 17.4 Å². The Morgan fingerprint density at radius 1 is 1.13 bits per heavy atom. The molecular weight excluding hydrogens is 382 g/mol. The Labute approximate surface area is 176 Å². The minimum atomic E-state index is -0.666. The van der Waals surface area contributed by atoms with Gasteiger partial charge in [0.25, 0.3) is 11.7 Å². The number of hydrogen-bond donors (Lipinski definition) is 2. The molecule has 1 fully saturated rings. The minimum Gasteiger partial charge on any atom is -0.507 e. The first kappa shape index (κ1) is 21.5. The van der Waals surface area contributed by atoms with Crippen molar-refractivity contribution in [1.82, 2.24) is 9.88 Å². The zero-order chi connectivity index (χ0) is 21.7. The monoisotopic (exact) mass is 410 g/mol. The lowest BCUT2D eigenvalue weighted by atomic mass is 9.95. The van der Waals surface area contributed by atoms with Crippen molar-refractivity contribution in [3.8, 4) is 5.75 Å². The van der Waals surface area contributed by atoms with Crippen LogP contribution in [0, 0.1) is 0 Å². The molecule has 2 heterocycles. The number of benzene rings is 1. The molecule has 0 radical (unpaired) electrons. The zero-order valence-electron chi connectivity index (χ0n) is 17.6. The molecule has 0 saturated carbocycles. The van der Waals surface area contributed by atoms with Crippen LogP contribution in [0.25, 0.3) is 5.76 Å². The van der Waals surface area contributed by atoms with Gasteiger partial charge in [-0.2, -0.15) is 0 Å². The van der Waals surface area contributed by atoms with Crippen LogP contribution < -0.4 is 9.64 Å². The van der Waals surface area contributed by atoms with Crippen LogP contribution in [-0.4, -0.2) is 60.5 Å². The standard InChI is InChI=1S/C23H27N3O4/c1-4-30-18-8-6-16(7-9-18)20-19(21(27)17-10-12-24-13-11-17)22(28)23(29)26(20)15-5-14-25(2)3/h6-13,20,27H,4-5,14-15H2,1-3H3/p+1/t20-/m1/s1. The number of nitrogens with zero attached hydrogens (tertiary/aromatic N) is 2. The molecule has 30 heavy (non-hydrogen) atoms. The Morgan fingerprint density at radius 3 is 2.40 bits per heavy atom. The number of ether oxygens (including phenoxy) is 1. The Morgan fingerprint density at radius 2 is 1.80 bits per heavy atom. The van der Waals surface area contributed by atoms with Crippen LogP contribution >= 0.6 is 0 Å². The van der Waals surface area contributed by atoms with Gasteiger partial charge >= 0.3 is 0 Å². The number of hydrogen-bond acceptors (Lipinski definition) is 5. The number of Topliss-reactive ketones (excluding diaryl/α,β-unsaturated/α-hetero) is 1. The molecule has 0 aliphatic carbocycles. The van der Waals surface area contributed by atoms with Gasteiger partial charge in [0.15, 0.2) is 0 Å². The van der Waals surface area contributed by atoms with E-state index in [9.17, 15) is 14.7 Å². The first-order chi connectivity index (χ1) is 14.4. The predicted octanol–water partition coefficient (Wildman–Crippen LogP) is 1.44. The smallest absolute Gasteiger partial charge is 0.295 e. The lowest BCUT2D eigenvalue weighted by Gasteiger charge is -2.25. The van der Waals surface area contributed by atoms with Gasteiger partial charge in [0, 0.05) is 30.9 Å². The summed E-state index contributed by atoms with van der Waals surface area (Å²) in [7, 11) is 4.09. The molecule has 2 N–H and O–H groups in total. The second kappa shape index (κ2) is 9.54. The molecule has 1 atom stereocenters. The van der Waals surface area contributed by atoms with Gasteiger partial charge in [0.2, 0.25) is 0 Å². The Balaban J connectivity index is 2.05. The lowest BCUT2D eigenvalue weighted by Crippen LogP contribution is -3.05. The van der Waals surface area contributed by atoms with E-state index in [2.05, 4.69) is 4.98 Å². The third kappa shape index (κ3) is 4.52. The minimum absolute atomic E-state index is 0.104. The van der Waals surface area contributed by atoms with Crippen LogP contribution in [0.3, 0.4) is 0 Å². The summed E-state index contributed by atoms with van der Waals surface area (Å²) in [5.41, 5.74) is 1.31. The van der Waals surface area contributed by atoms with Gasteiger partial charge in [-0.1, -0.05) is 12.1 Å². The van der Waals surface area contributed by atoms with Crippen LogP contribution in [0.15, 0.2) is 54.4 Å². The number of carbonyl (C=O) groups is 2. The van der Waals surface area contributed by atoms with Gasteiger partial charge in [0.1, 0.15) is 11.5 Å². The van der Waals surface area contributed by atoms with Gasteiger partial charge < -0.3 is 19.6 Å². The lowest BCUT2D eigenvalue weighted by molar-refractivity contribution is -0.858. The van der Waals surface area contributed by atoms with E-state index < -0.39 is 17.7 Å². The number of aromatic nitrogens is 1. The number of amides is 1. The van der Waals surface area contributed by atoms with Crippen LogP contribution in [-0.2, 0) is 9.59 Å². The van der Waals surface area contributed by atoms with Crippen LogP contribution in [0.4, 0.5) is 0 Å². The second-order valence-corrected chi connectivity index (χ2v) is 7.54. The van der Waals surface area contributed by atoms with Gasteiger partial charge in [-0.3, -0.25) is 14.6 Å². The molecule has 3 rings (SSSR count). The number of quaternary nitrogens is 1. The number of carbonyl (C=O) groups excluding carboxylic acids is 2. The third-order valence-corrected chi connectivity index (χ3v) is 5.08. The van der Waals surface area contributed by atoms with Crippen molar-refractivity contribution in [3.63, 3.8) is 0 Å². The van der Waals surface area contributed by atoms with Gasteiger partial charge in [-0.05, 0) is 36.8 Å². The van der Waals surface area contributed by atoms with Crippen molar-refractivity contribution in [2.45, 2.75) is 19.4 Å². The normalized spacial score (nSPS) is 18.3. The number of rotatable bonds is 8. The molecule has 2 aromatic rings. The summed E-state index contributed by atoms with van der Waals surface area (Å²) in [5, 5.41) is 10.9. The molecule has 0 bridgehead atoms. The number of aliphatic hydroxyl groups excluding tert-OH is 1. The molecule has 0 unspecified atom stereocenters. The van der Waals surface area contributed by atoms with E-state index >= 15 is 0 Å². The Kier molecular flexibility index (Phi) is 6.84. The maximum Gasteiger partial charge on any atom is 0.295 e. The fourth-order valence-electron chi connectivity index (χ4n) is 3.64. The number of nitrogens with one attached hydrogen (secondary N) is 1. The summed E-state index contributed by atoms with van der Waals surface area (Å²) in [5.74, 6) is -0.724. The molecule has 158 valence electrons. The predicted molar refractivity (Wildman–Crippen MR) is 113 cm³/mol. The van der Waals surface area contributed by atoms with Crippen molar-refractivity contribution in [1.29, 1.82) is 0 Å². The highest BCUT2D eigenvalue weighted by atomic mass is 16.5. The Hall–Kier alpha value is -3.19. The SMILES string of the molecule is CCOc1ccc([C@@H]2C(=C(O)c3ccncc3)C(=O)C(=O)N2CCC[NH+](C)C)cc1. The molecule has 1 aromatic carbocycles. The quantitative estimate of drug-likeness (QED) is 0.391. The third-order valence-electron chi connectivity index (χ3n) is 5.08. The summed E-state index contributed by atoms with van der Waals surface area (Å²) < 4.78 is 5.51. The Bertz CT molecular complexity index is 923. The summed E-state index contributed by atoms with van der Waals surface area (Å²) in [6, 6.07) is 9.90. The molecule has 1 aromatic heterocycles. The van der Waals surface area contributed by atoms with Crippen molar-refractivity contribution in [2.75, 3.05) is 33.8 Å². The first-order valence-electron chi connectivity index (χ1n) is 10.1. The van der Waals surface area contributed by atoms with E-state index in [1.807, 2.05) is 45.3 Å². The molecule has 1 amide bonds. The van der Waals surface area contributed by atoms with E-state index in [0.29, 0.717) is 24.5 Å². The fraction of sp³-hybridized carbons (Fsp3) is 0.348. The maximum absolute atomic E-state index is 12.9. The molecule has 0 spiro atoms. The molecule has 1 aliphatic rings. The summed E-state index contributed by atoms with van der Waals surface area (Å²) >= 11 is 0. The van der Waals surface area contributed by atoms with Crippen LogP contribution in [0.1, 0.15) is 30.5 Å². The highest BCUT2D eigenvalue weighted by Crippen LogP contribution is 2.39. The average Bonchev–Trinajstić information content (AvgIpc) is 2.99. The van der Waals surface area contributed by atoms with Crippen LogP contribution in [0.2, 0.25) is 0 Å². The van der Waals surface area contributed by atoms with Gasteiger partial charge in [0.05, 0.1) is 38.9 Å². The molecule has 7 heteroatoms. The van der Waals surface area contributed by atoms with Gasteiger partial charge in [-0.15, -0.1) is 0 Å². The van der Waals surface area contributed by atoms with Crippen molar-refractivity contribution in [3.05, 3.63) is 65.5 Å². The summed E-state index contributed by atoms with van der Waals surface area (Å²) in [4.78, 5) is 32.6. The average molecular weight is 410 g/mol. The van der Waals surface area contributed by atoms with E-state index in [1.165, 1.54) is 17.3 Å². The van der Waals surface area contributed by atoms with E-state index in [0.717, 1.165) is 18.5 Å². The molecular formula is C23H28N3O4+. The molecule has 1 aliphatic heterocycles. The number of pyridine rings is 1. The highest BCUT2D eigenvalue weighted by Gasteiger charge is 2.45. The largest absolute Gasteiger partial charge is 0.507 e. The van der Waals surface area contributed by atoms with E-state index in [1.54, 1.807) is 17.0 Å². The number of likely N-dealkylation sites (tertiary alicyclic amines) is 1. The first-order valence-corrected chi connectivity index (χ1v) is 10.1.